The quantitative estimate of drug-likeness (QED) is 0.692. The van der Waals surface area contributed by atoms with Crippen LogP contribution < -0.4 is 16.2 Å². The van der Waals surface area contributed by atoms with E-state index in [-0.39, 0.29) is 16.6 Å². The zero-order valence-electron chi connectivity index (χ0n) is 14.0. The van der Waals surface area contributed by atoms with Crippen LogP contribution in [-0.4, -0.2) is 30.3 Å². The highest BCUT2D eigenvalue weighted by atomic mass is 32.2. The minimum absolute atomic E-state index is 0.0627. The summed E-state index contributed by atoms with van der Waals surface area (Å²) in [7, 11) is -4.04. The normalized spacial score (nSPS) is 12.8. The molecule has 5 N–H and O–H groups in total. The monoisotopic (exact) mass is 363 g/mol. The van der Waals surface area contributed by atoms with E-state index in [0.717, 1.165) is 0 Å². The van der Waals surface area contributed by atoms with Crippen molar-refractivity contribution in [1.29, 1.82) is 0 Å². The average Bonchev–Trinajstić information content (AvgIpc) is 2.54. The first-order valence-electron chi connectivity index (χ1n) is 7.69. The first kappa shape index (κ1) is 18.8. The highest BCUT2D eigenvalue weighted by molar-refractivity contribution is 7.90. The number of hydrogen-bond acceptors (Lipinski definition) is 7. The molecule has 0 spiro atoms. The Kier molecular flexibility index (Phi) is 5.70. The van der Waals surface area contributed by atoms with Crippen molar-refractivity contribution >= 4 is 21.7 Å². The maximum atomic E-state index is 12.4. The molecule has 0 bridgehead atoms. The van der Waals surface area contributed by atoms with E-state index in [0.29, 0.717) is 17.7 Å². The standard InChI is InChI=1S/C16H21N5O3S/c1-10(2)6-13(17)16(22)21-25(23,24)12-5-3-4-11(7-12)14-8-15(18)20-9-19-14/h3-5,7-10,13H,6,17H2,1-2H3,(H,21,22)(H2,18,19,20)/t13-/m0/s1. The molecular formula is C16H21N5O3S. The fourth-order valence-corrected chi connectivity index (χ4v) is 3.31. The zero-order valence-corrected chi connectivity index (χ0v) is 14.8. The third-order valence-electron chi connectivity index (χ3n) is 3.43. The molecule has 1 aromatic heterocycles. The number of sulfonamides is 1. The molecule has 0 radical (unpaired) electrons. The van der Waals surface area contributed by atoms with Gasteiger partial charge in [-0.15, -0.1) is 0 Å². The van der Waals surface area contributed by atoms with Gasteiger partial charge in [-0.3, -0.25) is 4.79 Å². The summed E-state index contributed by atoms with van der Waals surface area (Å²) in [6, 6.07) is 6.68. The number of benzene rings is 1. The maximum absolute atomic E-state index is 12.4. The van der Waals surface area contributed by atoms with E-state index in [1.807, 2.05) is 18.6 Å². The van der Waals surface area contributed by atoms with Crippen molar-refractivity contribution in [3.8, 4) is 11.3 Å². The largest absolute Gasteiger partial charge is 0.384 e. The zero-order chi connectivity index (χ0) is 18.6. The van der Waals surface area contributed by atoms with Crippen LogP contribution in [0.5, 0.6) is 0 Å². The number of nitrogen functional groups attached to an aromatic ring is 1. The maximum Gasteiger partial charge on any atom is 0.264 e. The molecule has 134 valence electrons. The molecule has 2 rings (SSSR count). The van der Waals surface area contributed by atoms with Crippen LogP contribution in [-0.2, 0) is 14.8 Å². The minimum atomic E-state index is -4.04. The van der Waals surface area contributed by atoms with Crippen LogP contribution >= 0.6 is 0 Å². The van der Waals surface area contributed by atoms with Gasteiger partial charge in [0.25, 0.3) is 15.9 Å². The molecule has 0 saturated carbocycles. The Balaban J connectivity index is 2.25. The van der Waals surface area contributed by atoms with Gasteiger partial charge in [0.15, 0.2) is 0 Å². The molecule has 0 saturated heterocycles. The minimum Gasteiger partial charge on any atom is -0.384 e. The molecule has 2 aromatic rings. The fourth-order valence-electron chi connectivity index (χ4n) is 2.23. The number of rotatable bonds is 6. The van der Waals surface area contributed by atoms with Crippen LogP contribution in [0, 0.1) is 5.92 Å². The van der Waals surface area contributed by atoms with Gasteiger partial charge in [0, 0.05) is 11.6 Å². The summed E-state index contributed by atoms with van der Waals surface area (Å²) in [5.74, 6) is -0.286. The number of amides is 1. The predicted octanol–water partition coefficient (Wildman–Crippen LogP) is 0.904. The van der Waals surface area contributed by atoms with Crippen LogP contribution in [0.1, 0.15) is 20.3 Å². The lowest BCUT2D eigenvalue weighted by Gasteiger charge is -2.14. The van der Waals surface area contributed by atoms with Crippen LogP contribution in [0.3, 0.4) is 0 Å². The van der Waals surface area contributed by atoms with Gasteiger partial charge in [0.2, 0.25) is 0 Å². The van der Waals surface area contributed by atoms with Gasteiger partial charge in [0.1, 0.15) is 12.1 Å². The Bertz CT molecular complexity index is 868. The lowest BCUT2D eigenvalue weighted by atomic mass is 10.0. The smallest absolute Gasteiger partial charge is 0.264 e. The van der Waals surface area contributed by atoms with Crippen molar-refractivity contribution in [3.63, 3.8) is 0 Å². The number of nitrogens with zero attached hydrogens (tertiary/aromatic N) is 2. The van der Waals surface area contributed by atoms with Crippen LogP contribution in [0.15, 0.2) is 41.6 Å². The second kappa shape index (κ2) is 7.58. The molecule has 1 heterocycles. The summed E-state index contributed by atoms with van der Waals surface area (Å²) in [6.45, 7) is 3.80. The highest BCUT2D eigenvalue weighted by Gasteiger charge is 2.23. The van der Waals surface area contributed by atoms with Gasteiger partial charge in [-0.1, -0.05) is 26.0 Å². The predicted molar refractivity (Wildman–Crippen MR) is 94.6 cm³/mol. The van der Waals surface area contributed by atoms with E-state index in [1.54, 1.807) is 12.1 Å². The molecule has 0 aliphatic carbocycles. The number of hydrogen-bond donors (Lipinski definition) is 3. The highest BCUT2D eigenvalue weighted by Crippen LogP contribution is 2.21. The SMILES string of the molecule is CC(C)C[C@H](N)C(=O)NS(=O)(=O)c1cccc(-c2cc(N)ncn2)c1. The molecule has 0 unspecified atom stereocenters. The van der Waals surface area contributed by atoms with Crippen LogP contribution in [0.25, 0.3) is 11.3 Å². The summed E-state index contributed by atoms with van der Waals surface area (Å²) < 4.78 is 26.9. The van der Waals surface area contributed by atoms with Gasteiger partial charge < -0.3 is 11.5 Å². The summed E-state index contributed by atoms with van der Waals surface area (Å²) >= 11 is 0. The van der Waals surface area contributed by atoms with E-state index >= 15 is 0 Å². The summed E-state index contributed by atoms with van der Waals surface area (Å²) in [5, 5.41) is 0. The summed E-state index contributed by atoms with van der Waals surface area (Å²) in [5.41, 5.74) is 12.4. The van der Waals surface area contributed by atoms with Crippen LogP contribution in [0.2, 0.25) is 0 Å². The Hall–Kier alpha value is -2.52. The Labute approximate surface area is 146 Å². The van der Waals surface area contributed by atoms with E-state index in [9.17, 15) is 13.2 Å². The van der Waals surface area contributed by atoms with Crippen molar-refractivity contribution in [1.82, 2.24) is 14.7 Å². The number of nitrogens with two attached hydrogens (primary N) is 2. The third-order valence-corrected chi connectivity index (χ3v) is 4.77. The number of anilines is 1. The molecule has 25 heavy (non-hydrogen) atoms. The Morgan fingerprint density at radius 1 is 1.24 bits per heavy atom. The molecular weight excluding hydrogens is 342 g/mol. The van der Waals surface area contributed by atoms with Gasteiger partial charge in [-0.25, -0.2) is 23.1 Å². The van der Waals surface area contributed by atoms with Crippen molar-refractivity contribution in [2.45, 2.75) is 31.2 Å². The van der Waals surface area contributed by atoms with Crippen molar-refractivity contribution in [2.75, 3.05) is 5.73 Å². The molecule has 0 fully saturated rings. The lowest BCUT2D eigenvalue weighted by Crippen LogP contribution is -2.43. The number of carbonyl (C=O) groups excluding carboxylic acids is 1. The van der Waals surface area contributed by atoms with E-state index in [4.69, 9.17) is 11.5 Å². The number of nitrogens with one attached hydrogen (secondary N) is 1. The van der Waals surface area contributed by atoms with E-state index in [2.05, 4.69) is 9.97 Å². The van der Waals surface area contributed by atoms with E-state index < -0.39 is 22.0 Å². The van der Waals surface area contributed by atoms with E-state index in [1.165, 1.54) is 24.5 Å². The Morgan fingerprint density at radius 3 is 2.60 bits per heavy atom. The van der Waals surface area contributed by atoms with Crippen molar-refractivity contribution in [3.05, 3.63) is 36.7 Å². The van der Waals surface area contributed by atoms with Gasteiger partial charge >= 0.3 is 0 Å². The summed E-state index contributed by atoms with van der Waals surface area (Å²) in [4.78, 5) is 19.8. The summed E-state index contributed by atoms with van der Waals surface area (Å²) in [6.07, 6.45) is 1.68. The Morgan fingerprint density at radius 2 is 1.96 bits per heavy atom. The second-order valence-electron chi connectivity index (χ2n) is 6.06. The molecule has 8 nitrogen and oxygen atoms in total. The molecule has 1 aromatic carbocycles. The lowest BCUT2D eigenvalue weighted by molar-refractivity contribution is -0.120. The second-order valence-corrected chi connectivity index (χ2v) is 7.74. The third kappa shape index (κ3) is 4.97. The number of carbonyl (C=O) groups is 1. The number of aromatic nitrogens is 2. The van der Waals surface area contributed by atoms with Crippen LogP contribution in [0.4, 0.5) is 5.82 Å². The molecule has 0 aliphatic rings. The van der Waals surface area contributed by atoms with Gasteiger partial charge in [0.05, 0.1) is 16.6 Å². The first-order chi connectivity index (χ1) is 11.7. The van der Waals surface area contributed by atoms with Gasteiger partial charge in [-0.05, 0) is 24.5 Å². The topological polar surface area (TPSA) is 141 Å². The molecule has 9 heteroatoms. The average molecular weight is 363 g/mol. The van der Waals surface area contributed by atoms with Crippen molar-refractivity contribution in [2.24, 2.45) is 11.7 Å². The van der Waals surface area contributed by atoms with Crippen molar-refractivity contribution < 1.29 is 13.2 Å². The first-order valence-corrected chi connectivity index (χ1v) is 9.17. The molecule has 1 atom stereocenters. The van der Waals surface area contributed by atoms with Gasteiger partial charge in [-0.2, -0.15) is 0 Å². The molecule has 1 amide bonds. The molecule has 0 aliphatic heterocycles. The fraction of sp³-hybridized carbons (Fsp3) is 0.312.